The van der Waals surface area contributed by atoms with Crippen molar-refractivity contribution in [3.63, 3.8) is 0 Å². The zero-order valence-corrected chi connectivity index (χ0v) is 12.2. The molecule has 0 radical (unpaired) electrons. The number of piperidine rings is 1. The molecule has 1 aromatic rings. The molecule has 0 bridgehead atoms. The number of hydrogen-bond donors (Lipinski definition) is 0. The summed E-state index contributed by atoms with van der Waals surface area (Å²) in [7, 11) is 0. The molecule has 2 heterocycles. The van der Waals surface area contributed by atoms with Gasteiger partial charge in [-0.25, -0.2) is 0 Å². The van der Waals surface area contributed by atoms with Crippen LogP contribution in [-0.2, 0) is 4.74 Å². The minimum Gasteiger partial charge on any atom is -0.375 e. The van der Waals surface area contributed by atoms with Crippen molar-refractivity contribution in [2.75, 3.05) is 24.6 Å². The molecule has 2 nitrogen and oxygen atoms in total. The van der Waals surface area contributed by atoms with E-state index in [-0.39, 0.29) is 5.60 Å². The lowest BCUT2D eigenvalue weighted by Gasteiger charge is -2.39. The molecule has 2 saturated heterocycles. The average molecular weight is 259 g/mol. The first-order valence-electron chi connectivity index (χ1n) is 7.67. The summed E-state index contributed by atoms with van der Waals surface area (Å²) in [6, 6.07) is 9.11. The van der Waals surface area contributed by atoms with Gasteiger partial charge in [0.2, 0.25) is 0 Å². The summed E-state index contributed by atoms with van der Waals surface area (Å²) >= 11 is 0. The molecule has 0 amide bonds. The zero-order valence-electron chi connectivity index (χ0n) is 12.2. The van der Waals surface area contributed by atoms with Gasteiger partial charge in [-0.15, -0.1) is 0 Å². The van der Waals surface area contributed by atoms with Gasteiger partial charge in [-0.3, -0.25) is 0 Å². The molecule has 2 aliphatic heterocycles. The lowest BCUT2D eigenvalue weighted by Crippen LogP contribution is -2.44. The fourth-order valence-electron chi connectivity index (χ4n) is 3.39. The predicted octanol–water partition coefficient (Wildman–Crippen LogP) is 3.96. The maximum Gasteiger partial charge on any atom is 0.0717 e. The van der Waals surface area contributed by atoms with E-state index < -0.39 is 0 Å². The number of hydrogen-bond acceptors (Lipinski definition) is 2. The Morgan fingerprint density at radius 3 is 2.26 bits per heavy atom. The predicted molar refractivity (Wildman–Crippen MR) is 79.9 cm³/mol. The van der Waals surface area contributed by atoms with Crippen molar-refractivity contribution < 1.29 is 4.74 Å². The van der Waals surface area contributed by atoms with E-state index in [9.17, 15) is 0 Å². The van der Waals surface area contributed by atoms with Gasteiger partial charge in [-0.2, -0.15) is 0 Å². The van der Waals surface area contributed by atoms with Gasteiger partial charge in [0.1, 0.15) is 0 Å². The van der Waals surface area contributed by atoms with Gasteiger partial charge in [-0.05, 0) is 49.3 Å². The molecule has 19 heavy (non-hydrogen) atoms. The summed E-state index contributed by atoms with van der Waals surface area (Å²) in [6.45, 7) is 7.75. The van der Waals surface area contributed by atoms with Crippen LogP contribution in [0.2, 0.25) is 0 Å². The molecule has 2 aliphatic rings. The van der Waals surface area contributed by atoms with E-state index in [2.05, 4.69) is 43.0 Å². The third kappa shape index (κ3) is 2.64. The number of anilines is 1. The van der Waals surface area contributed by atoms with Crippen LogP contribution in [0.4, 0.5) is 5.69 Å². The number of rotatable bonds is 2. The molecule has 0 aromatic heterocycles. The highest BCUT2D eigenvalue weighted by Crippen LogP contribution is 2.37. The van der Waals surface area contributed by atoms with Crippen LogP contribution in [-0.4, -0.2) is 25.3 Å². The largest absolute Gasteiger partial charge is 0.375 e. The van der Waals surface area contributed by atoms with Crippen molar-refractivity contribution in [2.45, 2.75) is 51.0 Å². The summed E-state index contributed by atoms with van der Waals surface area (Å²) in [5, 5.41) is 0. The molecule has 0 saturated carbocycles. The van der Waals surface area contributed by atoms with E-state index >= 15 is 0 Å². The van der Waals surface area contributed by atoms with Crippen LogP contribution >= 0.6 is 0 Å². The Bertz CT molecular complexity index is 407. The van der Waals surface area contributed by atoms with Gasteiger partial charge < -0.3 is 9.64 Å². The minimum atomic E-state index is 0.231. The first kappa shape index (κ1) is 13.0. The highest BCUT2D eigenvalue weighted by atomic mass is 16.5. The van der Waals surface area contributed by atoms with Crippen LogP contribution < -0.4 is 4.90 Å². The van der Waals surface area contributed by atoms with E-state index in [1.54, 1.807) is 0 Å². The number of nitrogens with zero attached hydrogens (tertiary/aromatic N) is 1. The van der Waals surface area contributed by atoms with Gasteiger partial charge in [0, 0.05) is 25.4 Å². The van der Waals surface area contributed by atoms with Crippen molar-refractivity contribution in [1.29, 1.82) is 0 Å². The SMILES string of the molecule is CC(C)c1ccc(N2CCC3(CCCO3)CC2)cc1. The highest BCUT2D eigenvalue weighted by Gasteiger charge is 2.38. The average Bonchev–Trinajstić information content (AvgIpc) is 2.88. The lowest BCUT2D eigenvalue weighted by atomic mass is 9.88. The van der Waals surface area contributed by atoms with Crippen LogP contribution in [0.15, 0.2) is 24.3 Å². The second-order valence-electron chi connectivity index (χ2n) is 6.37. The molecule has 104 valence electrons. The second kappa shape index (κ2) is 5.16. The van der Waals surface area contributed by atoms with Gasteiger partial charge in [0.25, 0.3) is 0 Å². The lowest BCUT2D eigenvalue weighted by molar-refractivity contribution is -0.0146. The Morgan fingerprint density at radius 1 is 1.05 bits per heavy atom. The summed E-state index contributed by atoms with van der Waals surface area (Å²) in [5.41, 5.74) is 3.03. The molecule has 0 unspecified atom stereocenters. The zero-order chi connectivity index (χ0) is 13.3. The van der Waals surface area contributed by atoms with E-state index in [0.717, 1.165) is 19.7 Å². The summed E-state index contributed by atoms with van der Waals surface area (Å²) in [4.78, 5) is 2.51. The van der Waals surface area contributed by atoms with E-state index in [4.69, 9.17) is 4.74 Å². The summed E-state index contributed by atoms with van der Waals surface area (Å²) in [5.74, 6) is 0.616. The molecule has 3 rings (SSSR count). The molecular weight excluding hydrogens is 234 g/mol. The van der Waals surface area contributed by atoms with Crippen molar-refractivity contribution in [1.82, 2.24) is 0 Å². The van der Waals surface area contributed by atoms with E-state index in [1.807, 2.05) is 0 Å². The Labute approximate surface area is 116 Å². The first-order chi connectivity index (χ1) is 9.19. The molecule has 1 spiro atoms. The maximum atomic E-state index is 5.99. The van der Waals surface area contributed by atoms with Crippen LogP contribution in [0.5, 0.6) is 0 Å². The fourth-order valence-corrected chi connectivity index (χ4v) is 3.39. The van der Waals surface area contributed by atoms with E-state index in [0.29, 0.717) is 5.92 Å². The normalized spacial score (nSPS) is 22.4. The summed E-state index contributed by atoms with van der Waals surface area (Å²) in [6.07, 6.45) is 4.91. The Hall–Kier alpha value is -1.02. The molecule has 1 aromatic carbocycles. The molecule has 0 atom stereocenters. The molecule has 0 aliphatic carbocycles. The second-order valence-corrected chi connectivity index (χ2v) is 6.37. The summed E-state index contributed by atoms with van der Waals surface area (Å²) < 4.78 is 5.99. The third-order valence-corrected chi connectivity index (χ3v) is 4.78. The molecule has 0 N–H and O–H groups in total. The van der Waals surface area contributed by atoms with Gasteiger partial charge in [0.05, 0.1) is 5.60 Å². The first-order valence-corrected chi connectivity index (χ1v) is 7.67. The molecule has 2 fully saturated rings. The number of benzene rings is 1. The third-order valence-electron chi connectivity index (χ3n) is 4.78. The molecule has 2 heteroatoms. The smallest absolute Gasteiger partial charge is 0.0717 e. The van der Waals surface area contributed by atoms with Gasteiger partial charge in [-0.1, -0.05) is 26.0 Å². The Morgan fingerprint density at radius 2 is 1.74 bits per heavy atom. The quantitative estimate of drug-likeness (QED) is 0.797. The van der Waals surface area contributed by atoms with Gasteiger partial charge in [0.15, 0.2) is 0 Å². The van der Waals surface area contributed by atoms with Gasteiger partial charge >= 0.3 is 0 Å². The van der Waals surface area contributed by atoms with Crippen molar-refractivity contribution in [3.8, 4) is 0 Å². The van der Waals surface area contributed by atoms with Crippen LogP contribution in [0.25, 0.3) is 0 Å². The Kier molecular flexibility index (Phi) is 3.53. The van der Waals surface area contributed by atoms with Crippen LogP contribution in [0, 0.1) is 0 Å². The van der Waals surface area contributed by atoms with Crippen molar-refractivity contribution >= 4 is 5.69 Å². The van der Waals surface area contributed by atoms with Crippen molar-refractivity contribution in [3.05, 3.63) is 29.8 Å². The van der Waals surface area contributed by atoms with E-state index in [1.165, 1.54) is 36.9 Å². The van der Waals surface area contributed by atoms with Crippen LogP contribution in [0.3, 0.4) is 0 Å². The highest BCUT2D eigenvalue weighted by molar-refractivity contribution is 5.48. The fraction of sp³-hybridized carbons (Fsp3) is 0.647. The Balaban J connectivity index is 1.64. The standard InChI is InChI=1S/C17H25NO/c1-14(2)15-4-6-16(7-5-15)18-11-9-17(10-12-18)8-3-13-19-17/h4-7,14H,3,8-13H2,1-2H3. The topological polar surface area (TPSA) is 12.5 Å². The molecular formula is C17H25NO. The van der Waals surface area contributed by atoms with Crippen molar-refractivity contribution in [2.24, 2.45) is 0 Å². The minimum absolute atomic E-state index is 0.231. The maximum absolute atomic E-state index is 5.99. The number of ether oxygens (including phenoxy) is 1. The monoisotopic (exact) mass is 259 g/mol. The van der Waals surface area contributed by atoms with Crippen LogP contribution in [0.1, 0.15) is 51.0 Å².